The molecule has 1 aromatic rings. The third kappa shape index (κ3) is 2.95. The summed E-state index contributed by atoms with van der Waals surface area (Å²) in [5, 5.41) is 0. The highest BCUT2D eigenvalue weighted by Crippen LogP contribution is 2.35. The van der Waals surface area contributed by atoms with Crippen molar-refractivity contribution < 1.29 is 19.1 Å². The molecule has 2 rings (SSSR count). The van der Waals surface area contributed by atoms with E-state index in [2.05, 4.69) is 15.9 Å². The second-order valence-electron chi connectivity index (χ2n) is 4.47. The van der Waals surface area contributed by atoms with Gasteiger partial charge in [0.2, 0.25) is 5.91 Å². The van der Waals surface area contributed by atoms with Crippen LogP contribution in [0.3, 0.4) is 0 Å². The van der Waals surface area contributed by atoms with Crippen molar-refractivity contribution in [1.29, 1.82) is 0 Å². The lowest BCUT2D eigenvalue weighted by atomic mass is 10.1. The predicted molar refractivity (Wildman–Crippen MR) is 77.8 cm³/mol. The first-order chi connectivity index (χ1) is 9.56. The standard InChI is InChI=1S/C14H16BrNO4/c1-3-20-14(18)9-6-13(17)16(8-9)11-5-4-10(15)7-12(11)19-2/h4-5,7,9H,3,6,8H2,1-2H3/t9-/m0/s1. The van der Waals surface area contributed by atoms with Crippen LogP contribution >= 0.6 is 15.9 Å². The van der Waals surface area contributed by atoms with Crippen LogP contribution in [0.25, 0.3) is 0 Å². The number of hydrogen-bond acceptors (Lipinski definition) is 4. The summed E-state index contributed by atoms with van der Waals surface area (Å²) >= 11 is 3.36. The van der Waals surface area contributed by atoms with Crippen molar-refractivity contribution in [3.8, 4) is 5.75 Å². The topological polar surface area (TPSA) is 55.8 Å². The number of methoxy groups -OCH3 is 1. The zero-order valence-electron chi connectivity index (χ0n) is 11.4. The van der Waals surface area contributed by atoms with Gasteiger partial charge in [-0.1, -0.05) is 15.9 Å². The molecule has 1 aliphatic rings. The molecule has 5 nitrogen and oxygen atoms in total. The van der Waals surface area contributed by atoms with Gasteiger partial charge in [-0.25, -0.2) is 0 Å². The number of halogens is 1. The van der Waals surface area contributed by atoms with Crippen molar-refractivity contribution in [2.24, 2.45) is 5.92 Å². The van der Waals surface area contributed by atoms with E-state index in [4.69, 9.17) is 9.47 Å². The quantitative estimate of drug-likeness (QED) is 0.789. The van der Waals surface area contributed by atoms with E-state index in [0.717, 1.165) is 4.47 Å². The van der Waals surface area contributed by atoms with Gasteiger partial charge in [0.05, 0.1) is 25.3 Å². The summed E-state index contributed by atoms with van der Waals surface area (Å²) in [6, 6.07) is 5.43. The van der Waals surface area contributed by atoms with Gasteiger partial charge in [-0.3, -0.25) is 9.59 Å². The van der Waals surface area contributed by atoms with Crippen LogP contribution in [-0.2, 0) is 14.3 Å². The zero-order chi connectivity index (χ0) is 14.7. The SMILES string of the molecule is CCOC(=O)[C@H]1CC(=O)N(c2ccc(Br)cc2OC)C1. The highest BCUT2D eigenvalue weighted by atomic mass is 79.9. The first kappa shape index (κ1) is 14.8. The molecule has 6 heteroatoms. The Kier molecular flexibility index (Phi) is 4.65. The number of rotatable bonds is 4. The molecule has 1 atom stereocenters. The van der Waals surface area contributed by atoms with Crippen molar-refractivity contribution in [2.75, 3.05) is 25.2 Å². The zero-order valence-corrected chi connectivity index (χ0v) is 13.0. The van der Waals surface area contributed by atoms with E-state index in [9.17, 15) is 9.59 Å². The lowest BCUT2D eigenvalue weighted by Crippen LogP contribution is -2.26. The average Bonchev–Trinajstić information content (AvgIpc) is 2.81. The number of anilines is 1. The van der Waals surface area contributed by atoms with Gasteiger partial charge in [0.25, 0.3) is 0 Å². The number of benzene rings is 1. The summed E-state index contributed by atoms with van der Waals surface area (Å²) in [4.78, 5) is 25.4. The largest absolute Gasteiger partial charge is 0.495 e. The minimum Gasteiger partial charge on any atom is -0.495 e. The molecule has 0 aromatic heterocycles. The van der Waals surface area contributed by atoms with Gasteiger partial charge >= 0.3 is 5.97 Å². The van der Waals surface area contributed by atoms with E-state index < -0.39 is 5.92 Å². The molecule has 1 fully saturated rings. The maximum absolute atomic E-state index is 12.1. The van der Waals surface area contributed by atoms with Crippen LogP contribution in [-0.4, -0.2) is 32.1 Å². The monoisotopic (exact) mass is 341 g/mol. The molecule has 1 heterocycles. The Morgan fingerprint density at radius 2 is 2.25 bits per heavy atom. The minimum atomic E-state index is -0.407. The van der Waals surface area contributed by atoms with Gasteiger partial charge in [-0.15, -0.1) is 0 Å². The average molecular weight is 342 g/mol. The molecule has 0 N–H and O–H groups in total. The van der Waals surface area contributed by atoms with Gasteiger partial charge in [-0.05, 0) is 25.1 Å². The van der Waals surface area contributed by atoms with E-state index in [1.807, 2.05) is 6.07 Å². The number of nitrogens with zero attached hydrogens (tertiary/aromatic N) is 1. The first-order valence-electron chi connectivity index (χ1n) is 6.37. The van der Waals surface area contributed by atoms with Crippen LogP contribution in [0.1, 0.15) is 13.3 Å². The number of amides is 1. The Morgan fingerprint density at radius 1 is 1.50 bits per heavy atom. The Bertz CT molecular complexity index is 532. The molecule has 0 aliphatic carbocycles. The number of carbonyl (C=O) groups is 2. The molecule has 20 heavy (non-hydrogen) atoms. The van der Waals surface area contributed by atoms with E-state index >= 15 is 0 Å². The van der Waals surface area contributed by atoms with E-state index in [1.165, 1.54) is 0 Å². The van der Waals surface area contributed by atoms with Gasteiger partial charge in [0, 0.05) is 17.4 Å². The van der Waals surface area contributed by atoms with Crippen LogP contribution < -0.4 is 9.64 Å². The van der Waals surface area contributed by atoms with Crippen molar-refractivity contribution in [3.63, 3.8) is 0 Å². The van der Waals surface area contributed by atoms with Gasteiger partial charge in [0.15, 0.2) is 0 Å². The Morgan fingerprint density at radius 3 is 2.90 bits per heavy atom. The maximum atomic E-state index is 12.1. The van der Waals surface area contributed by atoms with E-state index in [1.54, 1.807) is 31.1 Å². The predicted octanol–water partition coefficient (Wildman–Crippen LogP) is 2.37. The van der Waals surface area contributed by atoms with Gasteiger partial charge < -0.3 is 14.4 Å². The summed E-state index contributed by atoms with van der Waals surface area (Å²) < 4.78 is 11.1. The van der Waals surface area contributed by atoms with Crippen molar-refractivity contribution in [2.45, 2.75) is 13.3 Å². The molecule has 0 unspecified atom stereocenters. The Hall–Kier alpha value is -1.56. The van der Waals surface area contributed by atoms with Crippen LogP contribution in [0.5, 0.6) is 5.75 Å². The second-order valence-corrected chi connectivity index (χ2v) is 5.39. The fraction of sp³-hybridized carbons (Fsp3) is 0.429. The third-order valence-electron chi connectivity index (χ3n) is 3.18. The summed E-state index contributed by atoms with van der Waals surface area (Å²) in [6.45, 7) is 2.41. The van der Waals surface area contributed by atoms with E-state index in [-0.39, 0.29) is 18.3 Å². The third-order valence-corrected chi connectivity index (χ3v) is 3.67. The lowest BCUT2D eigenvalue weighted by Gasteiger charge is -2.19. The summed E-state index contributed by atoms with van der Waals surface area (Å²) in [5.41, 5.74) is 0.674. The Labute approximate surface area is 126 Å². The molecule has 0 saturated carbocycles. The first-order valence-corrected chi connectivity index (χ1v) is 7.16. The second kappa shape index (κ2) is 6.26. The van der Waals surface area contributed by atoms with Crippen LogP contribution in [0.4, 0.5) is 5.69 Å². The molecule has 1 aliphatic heterocycles. The molecule has 1 aromatic carbocycles. The molecule has 108 valence electrons. The van der Waals surface area contributed by atoms with Crippen molar-refractivity contribution in [1.82, 2.24) is 0 Å². The summed E-state index contributed by atoms with van der Waals surface area (Å²) in [5.74, 6) is -0.226. The maximum Gasteiger partial charge on any atom is 0.311 e. The van der Waals surface area contributed by atoms with Crippen LogP contribution in [0, 0.1) is 5.92 Å². The number of ether oxygens (including phenoxy) is 2. The lowest BCUT2D eigenvalue weighted by molar-refractivity contribution is -0.147. The molecule has 1 saturated heterocycles. The van der Waals surface area contributed by atoms with Crippen molar-refractivity contribution >= 4 is 33.5 Å². The van der Waals surface area contributed by atoms with E-state index in [0.29, 0.717) is 24.6 Å². The van der Waals surface area contributed by atoms with Gasteiger partial charge in [-0.2, -0.15) is 0 Å². The van der Waals surface area contributed by atoms with Crippen molar-refractivity contribution in [3.05, 3.63) is 22.7 Å². The highest BCUT2D eigenvalue weighted by molar-refractivity contribution is 9.10. The van der Waals surface area contributed by atoms with Gasteiger partial charge in [0.1, 0.15) is 5.75 Å². The summed E-state index contributed by atoms with van der Waals surface area (Å²) in [7, 11) is 1.55. The number of hydrogen-bond donors (Lipinski definition) is 0. The fourth-order valence-electron chi connectivity index (χ4n) is 2.23. The molecule has 0 bridgehead atoms. The fourth-order valence-corrected chi connectivity index (χ4v) is 2.57. The smallest absolute Gasteiger partial charge is 0.311 e. The molecular formula is C14H16BrNO4. The summed E-state index contributed by atoms with van der Waals surface area (Å²) in [6.07, 6.45) is 0.179. The van der Waals surface area contributed by atoms with Crippen LogP contribution in [0.2, 0.25) is 0 Å². The Balaban J connectivity index is 2.22. The number of carbonyl (C=O) groups excluding carboxylic acids is 2. The molecule has 0 radical (unpaired) electrons. The van der Waals surface area contributed by atoms with Crippen LogP contribution in [0.15, 0.2) is 22.7 Å². The molecule has 1 amide bonds. The molecule has 0 spiro atoms. The molecular weight excluding hydrogens is 326 g/mol. The number of esters is 1. The highest BCUT2D eigenvalue weighted by Gasteiger charge is 2.37. The normalized spacial score (nSPS) is 18.2. The minimum absolute atomic E-state index is 0.0938.